The summed E-state index contributed by atoms with van der Waals surface area (Å²) in [4.78, 5) is 43.6. The van der Waals surface area contributed by atoms with Gasteiger partial charge in [0.05, 0.1) is 10.7 Å². The van der Waals surface area contributed by atoms with Crippen LogP contribution in [0.1, 0.15) is 81.7 Å². The first-order chi connectivity index (χ1) is 20.9. The largest absolute Gasteiger partial charge is 0.444 e. The zero-order chi connectivity index (χ0) is 32.3. The first-order valence-electron chi connectivity index (χ1n) is 15.4. The third-order valence-electron chi connectivity index (χ3n) is 7.32. The van der Waals surface area contributed by atoms with E-state index in [9.17, 15) is 14.4 Å². The molecule has 2 N–H and O–H groups in total. The maximum Gasteiger partial charge on any atom is 0.408 e. The number of carbonyl (C=O) groups excluding carboxylic acids is 3. The number of ether oxygens (including phenoxy) is 1. The Labute approximate surface area is 267 Å². The molecule has 0 saturated carbocycles. The van der Waals surface area contributed by atoms with Gasteiger partial charge in [-0.3, -0.25) is 9.59 Å². The summed E-state index contributed by atoms with van der Waals surface area (Å²) in [7, 11) is 0. The summed E-state index contributed by atoms with van der Waals surface area (Å²) < 4.78 is 5.55. The Morgan fingerprint density at radius 3 is 2.16 bits per heavy atom. The fourth-order valence-corrected chi connectivity index (χ4v) is 5.37. The average Bonchev–Trinajstić information content (AvgIpc) is 2.96. The lowest BCUT2D eigenvalue weighted by molar-refractivity contribution is -0.140. The van der Waals surface area contributed by atoms with Gasteiger partial charge in [-0.25, -0.2) is 4.79 Å². The van der Waals surface area contributed by atoms with Gasteiger partial charge >= 0.3 is 6.09 Å². The van der Waals surface area contributed by atoms with E-state index in [1.54, 1.807) is 31.7 Å². The Hall–Kier alpha value is -3.84. The van der Waals surface area contributed by atoms with Gasteiger partial charge in [0.25, 0.3) is 5.91 Å². The number of carbonyl (C=O) groups is 3. The highest BCUT2D eigenvalue weighted by Crippen LogP contribution is 2.31. The first kappa shape index (κ1) is 34.6. The van der Waals surface area contributed by atoms with Crippen LogP contribution < -0.4 is 10.6 Å². The van der Waals surface area contributed by atoms with Crippen molar-refractivity contribution in [1.82, 2.24) is 10.2 Å². The van der Waals surface area contributed by atoms with E-state index in [0.717, 1.165) is 36.0 Å². The Bertz CT molecular complexity index is 1380. The predicted molar refractivity (Wildman–Crippen MR) is 178 cm³/mol. The summed E-state index contributed by atoms with van der Waals surface area (Å²) in [6, 6.07) is 20.6. The van der Waals surface area contributed by atoms with Gasteiger partial charge in [-0.1, -0.05) is 105 Å². The number of anilines is 1. The van der Waals surface area contributed by atoms with Crippen molar-refractivity contribution >= 4 is 35.2 Å². The van der Waals surface area contributed by atoms with Gasteiger partial charge in [0.2, 0.25) is 5.91 Å². The molecule has 0 aliphatic carbocycles. The highest BCUT2D eigenvalue weighted by Gasteiger charge is 2.37. The number of halogens is 1. The van der Waals surface area contributed by atoms with E-state index < -0.39 is 23.8 Å². The fraction of sp³-hybridized carbons (Fsp3) is 0.417. The maximum atomic E-state index is 14.7. The van der Waals surface area contributed by atoms with E-state index in [2.05, 4.69) is 17.6 Å². The second-order valence-electron chi connectivity index (χ2n) is 12.2. The molecular formula is C36H46ClN3O4. The molecule has 3 aromatic rings. The van der Waals surface area contributed by atoms with Crippen LogP contribution >= 0.6 is 11.6 Å². The molecule has 0 fully saturated rings. The summed E-state index contributed by atoms with van der Waals surface area (Å²) in [5.41, 5.74) is 3.01. The Morgan fingerprint density at radius 1 is 0.864 bits per heavy atom. The molecule has 2 unspecified atom stereocenters. The van der Waals surface area contributed by atoms with Crippen molar-refractivity contribution in [1.29, 1.82) is 0 Å². The molecule has 0 radical (unpaired) electrons. The van der Waals surface area contributed by atoms with E-state index >= 15 is 0 Å². The van der Waals surface area contributed by atoms with Gasteiger partial charge in [-0.05, 0) is 69.4 Å². The number of unbranched alkanes of at least 4 members (excludes halogenated alkanes) is 3. The van der Waals surface area contributed by atoms with Crippen molar-refractivity contribution in [3.8, 4) is 0 Å². The highest BCUT2D eigenvalue weighted by atomic mass is 35.5. The number of rotatable bonds is 13. The SMILES string of the molecule is CCCCCCN(C(=O)C(Cc1ccccc1)NC(=O)OC(C)(C)C)C(C(=O)Nc1c(C)cccc1Cl)c1ccccc1C. The lowest BCUT2D eigenvalue weighted by Gasteiger charge is -2.35. The highest BCUT2D eigenvalue weighted by molar-refractivity contribution is 6.34. The molecule has 8 heteroatoms. The fourth-order valence-electron chi connectivity index (χ4n) is 5.10. The molecule has 7 nitrogen and oxygen atoms in total. The molecule has 236 valence electrons. The number of alkyl carbamates (subject to hydrolysis) is 1. The Kier molecular flexibility index (Phi) is 12.8. The molecule has 3 aromatic carbocycles. The van der Waals surface area contributed by atoms with Gasteiger partial charge in [0, 0.05) is 13.0 Å². The molecule has 0 spiro atoms. The van der Waals surface area contributed by atoms with Crippen LogP contribution in [-0.4, -0.2) is 41.0 Å². The monoisotopic (exact) mass is 619 g/mol. The van der Waals surface area contributed by atoms with Crippen LogP contribution in [0, 0.1) is 13.8 Å². The summed E-state index contributed by atoms with van der Waals surface area (Å²) in [5.74, 6) is -0.745. The molecule has 0 aromatic heterocycles. The zero-order valence-corrected chi connectivity index (χ0v) is 27.5. The van der Waals surface area contributed by atoms with Gasteiger partial charge in [-0.2, -0.15) is 0 Å². The number of hydrogen-bond donors (Lipinski definition) is 2. The van der Waals surface area contributed by atoms with Gasteiger partial charge in [0.15, 0.2) is 0 Å². The van der Waals surface area contributed by atoms with Crippen molar-refractivity contribution in [2.24, 2.45) is 0 Å². The van der Waals surface area contributed by atoms with E-state index in [-0.39, 0.29) is 18.2 Å². The van der Waals surface area contributed by atoms with Crippen molar-refractivity contribution < 1.29 is 19.1 Å². The second kappa shape index (κ2) is 16.3. The zero-order valence-electron chi connectivity index (χ0n) is 26.8. The van der Waals surface area contributed by atoms with Gasteiger partial charge in [-0.15, -0.1) is 0 Å². The minimum atomic E-state index is -0.972. The minimum Gasteiger partial charge on any atom is -0.444 e. The van der Waals surface area contributed by atoms with Gasteiger partial charge < -0.3 is 20.3 Å². The molecule has 0 aliphatic rings. The topological polar surface area (TPSA) is 87.7 Å². The van der Waals surface area contributed by atoms with Crippen molar-refractivity contribution in [3.05, 3.63) is 100 Å². The van der Waals surface area contributed by atoms with Crippen molar-refractivity contribution in [2.75, 3.05) is 11.9 Å². The molecule has 44 heavy (non-hydrogen) atoms. The van der Waals surface area contributed by atoms with Crippen molar-refractivity contribution in [3.63, 3.8) is 0 Å². The normalized spacial score (nSPS) is 12.6. The standard InChI is InChI=1S/C36H46ClN3O4/c1-7-8-9-15-23-40(34(42)30(24-27-19-11-10-12-20-27)38-35(43)44-36(4,5)6)32(28-21-14-13-17-25(28)2)33(41)39-31-26(3)18-16-22-29(31)37/h10-14,16-22,30,32H,7-9,15,23-24H2,1-6H3,(H,38,43)(H,39,41). The number of nitrogens with zero attached hydrogens (tertiary/aromatic N) is 1. The molecule has 0 aliphatic heterocycles. The van der Waals surface area contributed by atoms with E-state index in [0.29, 0.717) is 29.2 Å². The molecule has 3 amide bonds. The summed E-state index contributed by atoms with van der Waals surface area (Å²) in [6.07, 6.45) is 3.17. The van der Waals surface area contributed by atoms with Gasteiger partial charge in [0.1, 0.15) is 17.7 Å². The second-order valence-corrected chi connectivity index (χ2v) is 12.6. The van der Waals surface area contributed by atoms with Crippen LogP contribution in [0.5, 0.6) is 0 Å². The van der Waals surface area contributed by atoms with E-state index in [1.165, 1.54) is 0 Å². The minimum absolute atomic E-state index is 0.232. The smallest absolute Gasteiger partial charge is 0.408 e. The number of nitrogens with one attached hydrogen (secondary N) is 2. The predicted octanol–water partition coefficient (Wildman–Crippen LogP) is 8.18. The third-order valence-corrected chi connectivity index (χ3v) is 7.64. The van der Waals surface area contributed by atoms with E-state index in [1.807, 2.05) is 80.6 Å². The molecule has 3 rings (SSSR count). The number of benzene rings is 3. The number of amides is 3. The van der Waals surface area contributed by atoms with Crippen LogP contribution in [0.2, 0.25) is 5.02 Å². The number of hydrogen-bond acceptors (Lipinski definition) is 4. The van der Waals surface area contributed by atoms with Crippen LogP contribution in [0.3, 0.4) is 0 Å². The van der Waals surface area contributed by atoms with Crippen molar-refractivity contribution in [2.45, 2.75) is 91.3 Å². The van der Waals surface area contributed by atoms with Crippen LogP contribution in [-0.2, 0) is 20.7 Å². The molecule has 2 atom stereocenters. The Morgan fingerprint density at radius 2 is 1.52 bits per heavy atom. The lowest BCUT2D eigenvalue weighted by atomic mass is 9.96. The average molecular weight is 620 g/mol. The number of para-hydroxylation sites is 1. The lowest BCUT2D eigenvalue weighted by Crippen LogP contribution is -2.53. The third kappa shape index (κ3) is 10.1. The summed E-state index contributed by atoms with van der Waals surface area (Å²) in [6.45, 7) is 11.6. The summed E-state index contributed by atoms with van der Waals surface area (Å²) in [5, 5.41) is 6.26. The van der Waals surface area contributed by atoms with Crippen LogP contribution in [0.15, 0.2) is 72.8 Å². The molecule has 0 saturated heterocycles. The first-order valence-corrected chi connectivity index (χ1v) is 15.7. The maximum absolute atomic E-state index is 14.7. The molecule has 0 heterocycles. The van der Waals surface area contributed by atoms with Crippen LogP contribution in [0.4, 0.5) is 10.5 Å². The number of aryl methyl sites for hydroxylation is 2. The Balaban J connectivity index is 2.10. The molecule has 0 bridgehead atoms. The summed E-state index contributed by atoms with van der Waals surface area (Å²) >= 11 is 6.51. The van der Waals surface area contributed by atoms with E-state index in [4.69, 9.17) is 16.3 Å². The van der Waals surface area contributed by atoms with Crippen LogP contribution in [0.25, 0.3) is 0 Å². The quantitative estimate of drug-likeness (QED) is 0.189. The molecular weight excluding hydrogens is 574 g/mol.